The van der Waals surface area contributed by atoms with Crippen LogP contribution in [0.4, 0.5) is 0 Å². The summed E-state index contributed by atoms with van der Waals surface area (Å²) in [5, 5.41) is 0. The Morgan fingerprint density at radius 1 is 1.13 bits per heavy atom. The molecule has 0 N–H and O–H groups in total. The second-order valence-electron chi connectivity index (χ2n) is 12.1. The fraction of sp³-hybridized carbons (Fsp3) is 0.926. The Kier molecular flexibility index (Phi) is 6.35. The van der Waals surface area contributed by atoms with E-state index in [1.165, 1.54) is 32.8 Å². The molecular weight excluding hydrogens is 388 g/mol. The van der Waals surface area contributed by atoms with E-state index in [-0.39, 0.29) is 22.9 Å². The number of fused-ring (bicyclic) bond motifs is 5. The van der Waals surface area contributed by atoms with E-state index in [4.69, 9.17) is 9.47 Å². The lowest BCUT2D eigenvalue weighted by Gasteiger charge is -2.62. The third-order valence-corrected chi connectivity index (χ3v) is 10.9. The molecule has 0 amide bonds. The number of ether oxygens (including phenoxy) is 2. The minimum Gasteiger partial charge on any atom is -0.469 e. The first-order valence-corrected chi connectivity index (χ1v) is 12.8. The van der Waals surface area contributed by atoms with Crippen molar-refractivity contribution in [3.8, 4) is 0 Å². The van der Waals surface area contributed by atoms with E-state index in [0.29, 0.717) is 47.7 Å². The van der Waals surface area contributed by atoms with E-state index < -0.39 is 0 Å². The summed E-state index contributed by atoms with van der Waals surface area (Å²) in [5.74, 6) is 3.97. The van der Waals surface area contributed by atoms with Gasteiger partial charge in [-0.05, 0) is 85.4 Å². The summed E-state index contributed by atoms with van der Waals surface area (Å²) in [6.07, 6.45) is 9.56. The summed E-state index contributed by atoms with van der Waals surface area (Å²) in [5.41, 5.74) is 0.0242. The molecule has 4 saturated carbocycles. The molecule has 0 spiro atoms. The maximum atomic E-state index is 13.9. The van der Waals surface area contributed by atoms with E-state index in [2.05, 4.69) is 27.7 Å². The summed E-state index contributed by atoms with van der Waals surface area (Å²) in [6, 6.07) is 0. The Morgan fingerprint density at radius 3 is 2.55 bits per heavy atom. The molecule has 0 bridgehead atoms. The average Bonchev–Trinajstić information content (AvgIpc) is 3.11. The number of carbonyl (C=O) groups is 2. The van der Waals surface area contributed by atoms with E-state index in [1.54, 1.807) is 0 Å². The van der Waals surface area contributed by atoms with Crippen LogP contribution in [0.25, 0.3) is 0 Å². The highest BCUT2D eigenvalue weighted by Gasteiger charge is 2.66. The Balaban J connectivity index is 1.61. The fourth-order valence-corrected chi connectivity index (χ4v) is 8.97. The first kappa shape index (κ1) is 23.3. The van der Waals surface area contributed by atoms with Crippen molar-refractivity contribution in [2.75, 3.05) is 14.2 Å². The molecule has 0 radical (unpaired) electrons. The van der Waals surface area contributed by atoms with Crippen molar-refractivity contribution >= 4 is 11.8 Å². The smallest absolute Gasteiger partial charge is 0.305 e. The van der Waals surface area contributed by atoms with E-state index in [0.717, 1.165) is 31.6 Å². The number of Topliss-reactive ketones (excluding diaryl/α,β-unsaturated/α-hetero) is 1. The van der Waals surface area contributed by atoms with Crippen LogP contribution in [0.3, 0.4) is 0 Å². The lowest BCUT2D eigenvalue weighted by molar-refractivity contribution is -0.183. The predicted octanol–water partition coefficient (Wildman–Crippen LogP) is 5.67. The van der Waals surface area contributed by atoms with Gasteiger partial charge >= 0.3 is 5.97 Å². The standard InChI is InChI=1S/C27H44O4/c1-16-11-12-26(3)18(13-16)14-22(30-5)25-20-9-8-19(17(2)7-10-24(29)31-6)27(20,4)23(28)15-21(25)26/h16-22,25H,7-15H2,1-6H3/t16-,17-,18+,19-,20?,21?,22-,25?,26+,27-/m1/s1. The maximum Gasteiger partial charge on any atom is 0.305 e. The largest absolute Gasteiger partial charge is 0.469 e. The van der Waals surface area contributed by atoms with Gasteiger partial charge in [0.05, 0.1) is 13.2 Å². The molecule has 0 aromatic rings. The molecule has 4 rings (SSSR count). The summed E-state index contributed by atoms with van der Waals surface area (Å²) in [7, 11) is 3.36. The number of carbonyl (C=O) groups excluding carboxylic acids is 2. The van der Waals surface area contributed by atoms with Gasteiger partial charge in [-0.15, -0.1) is 0 Å². The second-order valence-corrected chi connectivity index (χ2v) is 12.1. The van der Waals surface area contributed by atoms with Crippen molar-refractivity contribution in [3.05, 3.63) is 0 Å². The summed E-state index contributed by atoms with van der Waals surface area (Å²) >= 11 is 0. The fourth-order valence-electron chi connectivity index (χ4n) is 8.97. The lowest BCUT2D eigenvalue weighted by atomic mass is 9.43. The zero-order valence-corrected chi connectivity index (χ0v) is 20.6. The van der Waals surface area contributed by atoms with Crippen LogP contribution in [-0.2, 0) is 19.1 Å². The number of rotatable bonds is 5. The number of ketones is 1. The molecule has 10 atom stereocenters. The number of esters is 1. The molecule has 4 nitrogen and oxygen atoms in total. The van der Waals surface area contributed by atoms with Crippen LogP contribution < -0.4 is 0 Å². The predicted molar refractivity (Wildman–Crippen MR) is 121 cm³/mol. The summed E-state index contributed by atoms with van der Waals surface area (Å²) in [4.78, 5) is 25.6. The Bertz CT molecular complexity index is 703. The van der Waals surface area contributed by atoms with E-state index in [9.17, 15) is 9.59 Å². The van der Waals surface area contributed by atoms with Crippen molar-refractivity contribution in [1.82, 2.24) is 0 Å². The monoisotopic (exact) mass is 432 g/mol. The lowest BCUT2D eigenvalue weighted by Crippen LogP contribution is -2.61. The van der Waals surface area contributed by atoms with Gasteiger partial charge < -0.3 is 9.47 Å². The molecule has 4 aliphatic carbocycles. The molecule has 0 aromatic carbocycles. The van der Waals surface area contributed by atoms with Gasteiger partial charge in [0, 0.05) is 25.4 Å². The van der Waals surface area contributed by atoms with Crippen LogP contribution in [0.1, 0.15) is 85.5 Å². The topological polar surface area (TPSA) is 52.6 Å². The zero-order valence-electron chi connectivity index (χ0n) is 20.6. The molecule has 4 aliphatic rings. The number of methoxy groups -OCH3 is 2. The van der Waals surface area contributed by atoms with Gasteiger partial charge in [-0.2, -0.15) is 0 Å². The zero-order chi connectivity index (χ0) is 22.6. The van der Waals surface area contributed by atoms with Crippen LogP contribution in [0.2, 0.25) is 0 Å². The average molecular weight is 433 g/mol. The van der Waals surface area contributed by atoms with E-state index in [1.807, 2.05) is 7.11 Å². The van der Waals surface area contributed by atoms with Crippen molar-refractivity contribution < 1.29 is 19.1 Å². The minimum absolute atomic E-state index is 0.140. The Hall–Kier alpha value is -0.900. The van der Waals surface area contributed by atoms with Crippen molar-refractivity contribution in [1.29, 1.82) is 0 Å². The van der Waals surface area contributed by atoms with Crippen LogP contribution in [0.5, 0.6) is 0 Å². The second kappa shape index (κ2) is 8.47. The first-order valence-electron chi connectivity index (χ1n) is 12.8. The van der Waals surface area contributed by atoms with Gasteiger partial charge in [0.1, 0.15) is 5.78 Å². The van der Waals surface area contributed by atoms with Gasteiger partial charge in [0.15, 0.2) is 0 Å². The van der Waals surface area contributed by atoms with Crippen LogP contribution in [0, 0.1) is 52.3 Å². The molecule has 4 fully saturated rings. The summed E-state index contributed by atoms with van der Waals surface area (Å²) < 4.78 is 11.1. The van der Waals surface area contributed by atoms with Gasteiger partial charge in [0.25, 0.3) is 0 Å². The molecule has 0 aromatic heterocycles. The highest BCUT2D eigenvalue weighted by atomic mass is 16.5. The normalized spacial score (nSPS) is 47.8. The molecule has 0 aliphatic heterocycles. The third kappa shape index (κ3) is 3.60. The van der Waals surface area contributed by atoms with Crippen molar-refractivity contribution in [2.24, 2.45) is 52.3 Å². The Morgan fingerprint density at radius 2 is 1.87 bits per heavy atom. The summed E-state index contributed by atoms with van der Waals surface area (Å²) in [6.45, 7) is 9.42. The molecule has 176 valence electrons. The van der Waals surface area contributed by atoms with Gasteiger partial charge in [-0.25, -0.2) is 0 Å². The van der Waals surface area contributed by atoms with Gasteiger partial charge in [0.2, 0.25) is 0 Å². The molecule has 0 heterocycles. The quantitative estimate of drug-likeness (QED) is 0.525. The highest BCUT2D eigenvalue weighted by molar-refractivity contribution is 5.87. The maximum absolute atomic E-state index is 13.9. The third-order valence-electron chi connectivity index (χ3n) is 10.9. The first-order chi connectivity index (χ1) is 14.7. The minimum atomic E-state index is -0.265. The van der Waals surface area contributed by atoms with Crippen LogP contribution in [0.15, 0.2) is 0 Å². The van der Waals surface area contributed by atoms with Crippen LogP contribution >= 0.6 is 0 Å². The molecule has 31 heavy (non-hydrogen) atoms. The van der Waals surface area contributed by atoms with E-state index >= 15 is 0 Å². The molecule has 3 unspecified atom stereocenters. The van der Waals surface area contributed by atoms with Crippen molar-refractivity contribution in [3.63, 3.8) is 0 Å². The number of hydrogen-bond donors (Lipinski definition) is 0. The highest BCUT2D eigenvalue weighted by Crippen LogP contribution is 2.68. The number of hydrogen-bond acceptors (Lipinski definition) is 4. The van der Waals surface area contributed by atoms with Crippen molar-refractivity contribution in [2.45, 2.75) is 91.6 Å². The molecule has 4 heteroatoms. The Labute approximate surface area is 189 Å². The molecular formula is C27H44O4. The molecule has 0 saturated heterocycles. The SMILES string of the molecule is COC(=O)CC[C@@H](C)[C@H]1CCC2C3C(CC(=O)[C@@]21C)[C@@]1(C)CC[C@@H](C)C[C@H]1C[C@H]3OC. The van der Waals surface area contributed by atoms with Gasteiger partial charge in [-0.3, -0.25) is 9.59 Å². The van der Waals surface area contributed by atoms with Crippen LogP contribution in [-0.4, -0.2) is 32.1 Å². The van der Waals surface area contributed by atoms with Gasteiger partial charge in [-0.1, -0.05) is 34.1 Å².